The molecular weight excluding hydrogens is 467 g/mol. The van der Waals surface area contributed by atoms with E-state index in [-0.39, 0.29) is 18.2 Å². The summed E-state index contributed by atoms with van der Waals surface area (Å²) in [7, 11) is 0. The molecular formula is C28H30Cl2N2O2. The number of benzene rings is 3. The van der Waals surface area contributed by atoms with E-state index in [1.54, 1.807) is 23.1 Å². The molecule has 4 nitrogen and oxygen atoms in total. The lowest BCUT2D eigenvalue weighted by molar-refractivity contribution is -0.140. The Morgan fingerprint density at radius 1 is 0.912 bits per heavy atom. The molecule has 1 unspecified atom stereocenters. The minimum Gasteiger partial charge on any atom is -0.354 e. The number of nitrogens with zero attached hydrogens (tertiary/aromatic N) is 1. The molecule has 0 bridgehead atoms. The Bertz CT molecular complexity index is 1070. The maximum Gasteiger partial charge on any atom is 0.243 e. The number of hydrogen-bond donors (Lipinski definition) is 1. The fraction of sp³-hybridized carbons (Fsp3) is 0.286. The summed E-state index contributed by atoms with van der Waals surface area (Å²) in [5, 5.41) is 3.98. The third kappa shape index (κ3) is 7.61. The van der Waals surface area contributed by atoms with E-state index in [1.807, 2.05) is 60.7 Å². The highest BCUT2D eigenvalue weighted by atomic mass is 35.5. The fourth-order valence-corrected chi connectivity index (χ4v) is 4.25. The Kier molecular flexibility index (Phi) is 9.99. The molecule has 3 aromatic carbocycles. The summed E-state index contributed by atoms with van der Waals surface area (Å²) in [5.74, 6) is -0.316. The van der Waals surface area contributed by atoms with Crippen molar-refractivity contribution in [1.82, 2.24) is 10.2 Å². The van der Waals surface area contributed by atoms with Crippen LogP contribution >= 0.6 is 23.2 Å². The van der Waals surface area contributed by atoms with Gasteiger partial charge in [-0.1, -0.05) is 103 Å². The van der Waals surface area contributed by atoms with Crippen LogP contribution in [-0.4, -0.2) is 29.3 Å². The molecule has 1 atom stereocenters. The van der Waals surface area contributed by atoms with Crippen molar-refractivity contribution in [3.63, 3.8) is 0 Å². The smallest absolute Gasteiger partial charge is 0.243 e. The monoisotopic (exact) mass is 496 g/mol. The van der Waals surface area contributed by atoms with Crippen LogP contribution in [0.1, 0.15) is 36.5 Å². The molecule has 0 aliphatic heterocycles. The lowest BCUT2D eigenvalue weighted by Gasteiger charge is -2.32. The van der Waals surface area contributed by atoms with Gasteiger partial charge in [0.05, 0.1) is 6.42 Å². The van der Waals surface area contributed by atoms with Crippen molar-refractivity contribution in [1.29, 1.82) is 0 Å². The van der Waals surface area contributed by atoms with E-state index in [2.05, 4.69) is 12.2 Å². The first-order valence-electron chi connectivity index (χ1n) is 11.6. The van der Waals surface area contributed by atoms with Gasteiger partial charge in [0.15, 0.2) is 0 Å². The number of rotatable bonds is 11. The SMILES string of the molecule is CCCCNC(=O)C(Cc1ccccc1)N(Cc1ccccc1)C(=O)Cc1ccc(Cl)cc1Cl. The molecule has 0 radical (unpaired) electrons. The van der Waals surface area contributed by atoms with Crippen molar-refractivity contribution < 1.29 is 9.59 Å². The average molecular weight is 497 g/mol. The van der Waals surface area contributed by atoms with Gasteiger partial charge in [0.25, 0.3) is 0 Å². The third-order valence-electron chi connectivity index (χ3n) is 5.65. The van der Waals surface area contributed by atoms with Crippen LogP contribution in [-0.2, 0) is 29.0 Å². The first kappa shape index (κ1) is 25.8. The number of nitrogens with one attached hydrogen (secondary N) is 1. The van der Waals surface area contributed by atoms with Crippen molar-refractivity contribution in [3.05, 3.63) is 106 Å². The van der Waals surface area contributed by atoms with Gasteiger partial charge in [0, 0.05) is 29.6 Å². The van der Waals surface area contributed by atoms with Gasteiger partial charge in [-0.2, -0.15) is 0 Å². The highest BCUT2D eigenvalue weighted by molar-refractivity contribution is 6.35. The third-order valence-corrected chi connectivity index (χ3v) is 6.24. The minimum atomic E-state index is -0.655. The van der Waals surface area contributed by atoms with Gasteiger partial charge < -0.3 is 10.2 Å². The van der Waals surface area contributed by atoms with Crippen LogP contribution in [0.5, 0.6) is 0 Å². The molecule has 0 aliphatic carbocycles. The lowest BCUT2D eigenvalue weighted by atomic mass is 10.0. The van der Waals surface area contributed by atoms with Crippen LogP contribution in [0.4, 0.5) is 0 Å². The molecule has 178 valence electrons. The zero-order valence-electron chi connectivity index (χ0n) is 19.3. The van der Waals surface area contributed by atoms with Gasteiger partial charge in [-0.15, -0.1) is 0 Å². The molecule has 0 aliphatic rings. The molecule has 0 heterocycles. The summed E-state index contributed by atoms with van der Waals surface area (Å²) < 4.78 is 0. The van der Waals surface area contributed by atoms with Crippen LogP contribution in [0.25, 0.3) is 0 Å². The summed E-state index contributed by atoms with van der Waals surface area (Å²) in [6.45, 7) is 2.98. The van der Waals surface area contributed by atoms with Crippen LogP contribution in [0.3, 0.4) is 0 Å². The lowest BCUT2D eigenvalue weighted by Crippen LogP contribution is -2.51. The van der Waals surface area contributed by atoms with Crippen molar-refractivity contribution in [2.24, 2.45) is 0 Å². The van der Waals surface area contributed by atoms with Crippen molar-refractivity contribution >= 4 is 35.0 Å². The molecule has 34 heavy (non-hydrogen) atoms. The number of carbonyl (C=O) groups excluding carboxylic acids is 2. The molecule has 0 saturated carbocycles. The fourth-order valence-electron chi connectivity index (χ4n) is 3.77. The summed E-state index contributed by atoms with van der Waals surface area (Å²) >= 11 is 12.4. The van der Waals surface area contributed by atoms with E-state index in [9.17, 15) is 9.59 Å². The highest BCUT2D eigenvalue weighted by Gasteiger charge is 2.30. The molecule has 3 aromatic rings. The van der Waals surface area contributed by atoms with Crippen molar-refractivity contribution in [2.45, 2.75) is 45.2 Å². The van der Waals surface area contributed by atoms with Crippen LogP contribution in [0, 0.1) is 0 Å². The predicted octanol–water partition coefficient (Wildman–Crippen LogP) is 6.09. The largest absolute Gasteiger partial charge is 0.354 e. The van der Waals surface area contributed by atoms with Gasteiger partial charge in [0.1, 0.15) is 6.04 Å². The summed E-state index contributed by atoms with van der Waals surface area (Å²) in [5.41, 5.74) is 2.63. The topological polar surface area (TPSA) is 49.4 Å². The number of unbranched alkanes of at least 4 members (excludes halogenated alkanes) is 1. The molecule has 1 N–H and O–H groups in total. The second-order valence-corrected chi connectivity index (χ2v) is 9.11. The normalized spacial score (nSPS) is 11.6. The Labute approximate surface area is 211 Å². The maximum absolute atomic E-state index is 13.7. The summed E-state index contributed by atoms with van der Waals surface area (Å²) in [6, 6.07) is 24.0. The van der Waals surface area contributed by atoms with Crippen LogP contribution in [0.15, 0.2) is 78.9 Å². The zero-order chi connectivity index (χ0) is 24.3. The number of amides is 2. The maximum atomic E-state index is 13.7. The van der Waals surface area contributed by atoms with Gasteiger partial charge >= 0.3 is 0 Å². The van der Waals surface area contributed by atoms with Crippen LogP contribution in [0.2, 0.25) is 10.0 Å². The Morgan fingerprint density at radius 2 is 1.56 bits per heavy atom. The molecule has 0 fully saturated rings. The quantitative estimate of drug-likeness (QED) is 0.326. The van der Waals surface area contributed by atoms with Gasteiger partial charge in [0.2, 0.25) is 11.8 Å². The summed E-state index contributed by atoms with van der Waals surface area (Å²) in [6.07, 6.45) is 2.37. The Balaban J connectivity index is 1.93. The van der Waals surface area contributed by atoms with E-state index in [0.29, 0.717) is 35.1 Å². The van der Waals surface area contributed by atoms with E-state index in [1.165, 1.54) is 0 Å². The van der Waals surface area contributed by atoms with Gasteiger partial charge in [-0.3, -0.25) is 9.59 Å². The van der Waals surface area contributed by atoms with Crippen LogP contribution < -0.4 is 5.32 Å². The Morgan fingerprint density at radius 3 is 2.18 bits per heavy atom. The molecule has 6 heteroatoms. The van der Waals surface area contributed by atoms with Gasteiger partial charge in [-0.25, -0.2) is 0 Å². The number of hydrogen-bond acceptors (Lipinski definition) is 2. The molecule has 0 saturated heterocycles. The van der Waals surface area contributed by atoms with E-state index in [4.69, 9.17) is 23.2 Å². The second kappa shape index (κ2) is 13.2. The predicted molar refractivity (Wildman–Crippen MR) is 139 cm³/mol. The first-order valence-corrected chi connectivity index (χ1v) is 12.3. The average Bonchev–Trinajstić information content (AvgIpc) is 2.84. The first-order chi connectivity index (χ1) is 16.5. The van der Waals surface area contributed by atoms with Crippen molar-refractivity contribution in [2.75, 3.05) is 6.54 Å². The molecule has 3 rings (SSSR count). The van der Waals surface area contributed by atoms with E-state index < -0.39 is 6.04 Å². The molecule has 0 aromatic heterocycles. The highest BCUT2D eigenvalue weighted by Crippen LogP contribution is 2.23. The minimum absolute atomic E-state index is 0.0797. The van der Waals surface area contributed by atoms with Gasteiger partial charge in [-0.05, 0) is 35.2 Å². The second-order valence-electron chi connectivity index (χ2n) is 8.27. The molecule has 2 amide bonds. The van der Waals surface area contributed by atoms with E-state index in [0.717, 1.165) is 24.0 Å². The van der Waals surface area contributed by atoms with Crippen molar-refractivity contribution in [3.8, 4) is 0 Å². The van der Waals surface area contributed by atoms with E-state index >= 15 is 0 Å². The zero-order valence-corrected chi connectivity index (χ0v) is 20.9. The summed E-state index contributed by atoms with van der Waals surface area (Å²) in [4.78, 5) is 28.7. The molecule has 0 spiro atoms. The number of carbonyl (C=O) groups is 2. The number of halogens is 2. The standard InChI is InChI=1S/C28H30Cl2N2O2/c1-2-3-16-31-28(34)26(17-21-10-6-4-7-11-21)32(20-22-12-8-5-9-13-22)27(33)18-23-14-15-24(29)19-25(23)30/h4-15,19,26H,2-3,16-18,20H2,1H3,(H,31,34). The Hall–Kier alpha value is -2.82.